The highest BCUT2D eigenvalue weighted by Crippen LogP contribution is 2.13. The summed E-state index contributed by atoms with van der Waals surface area (Å²) in [6.07, 6.45) is 3.35. The van der Waals surface area contributed by atoms with Crippen LogP contribution < -0.4 is 16.0 Å². The Morgan fingerprint density at radius 1 is 1.36 bits per heavy atom. The van der Waals surface area contributed by atoms with E-state index in [1.165, 1.54) is 12.8 Å². The molecule has 2 saturated heterocycles. The third kappa shape index (κ3) is 2.67. The SMILES string of the molecule is OC1(CNC2CCCNC2)CCNC1. The molecule has 0 radical (unpaired) electrons. The maximum absolute atomic E-state index is 10.1. The maximum atomic E-state index is 10.1. The molecule has 0 aromatic heterocycles. The fourth-order valence-corrected chi connectivity index (χ4v) is 2.24. The van der Waals surface area contributed by atoms with E-state index in [4.69, 9.17) is 0 Å². The first kappa shape index (κ1) is 10.4. The molecule has 0 amide bonds. The van der Waals surface area contributed by atoms with Crippen molar-refractivity contribution in [2.75, 3.05) is 32.7 Å². The van der Waals surface area contributed by atoms with E-state index in [1.807, 2.05) is 0 Å². The van der Waals surface area contributed by atoms with E-state index in [9.17, 15) is 5.11 Å². The molecule has 2 rings (SSSR count). The summed E-state index contributed by atoms with van der Waals surface area (Å²) in [6, 6.07) is 0.549. The molecule has 0 aromatic rings. The number of rotatable bonds is 3. The lowest BCUT2D eigenvalue weighted by molar-refractivity contribution is 0.0571. The summed E-state index contributed by atoms with van der Waals surface area (Å²) >= 11 is 0. The number of hydrogen-bond donors (Lipinski definition) is 4. The maximum Gasteiger partial charge on any atom is 0.0907 e. The summed E-state index contributed by atoms with van der Waals surface area (Å²) in [5.74, 6) is 0. The minimum Gasteiger partial charge on any atom is -0.387 e. The van der Waals surface area contributed by atoms with E-state index < -0.39 is 5.60 Å². The zero-order valence-electron chi connectivity index (χ0n) is 8.68. The van der Waals surface area contributed by atoms with Crippen molar-refractivity contribution < 1.29 is 5.11 Å². The summed E-state index contributed by atoms with van der Waals surface area (Å²) < 4.78 is 0. The summed E-state index contributed by atoms with van der Waals surface area (Å²) in [7, 11) is 0. The van der Waals surface area contributed by atoms with Gasteiger partial charge in [-0.05, 0) is 32.4 Å². The van der Waals surface area contributed by atoms with Gasteiger partial charge in [0.2, 0.25) is 0 Å². The van der Waals surface area contributed by atoms with Gasteiger partial charge in [-0.1, -0.05) is 0 Å². The van der Waals surface area contributed by atoms with Gasteiger partial charge in [-0.15, -0.1) is 0 Å². The van der Waals surface area contributed by atoms with Crippen LogP contribution in [-0.2, 0) is 0 Å². The predicted octanol–water partition coefficient (Wildman–Crippen LogP) is -0.948. The Morgan fingerprint density at radius 3 is 2.93 bits per heavy atom. The van der Waals surface area contributed by atoms with Gasteiger partial charge in [-0.2, -0.15) is 0 Å². The lowest BCUT2D eigenvalue weighted by atomic mass is 10.0. The molecule has 4 nitrogen and oxygen atoms in total. The highest BCUT2D eigenvalue weighted by molar-refractivity contribution is 4.91. The van der Waals surface area contributed by atoms with Gasteiger partial charge in [0.25, 0.3) is 0 Å². The van der Waals surface area contributed by atoms with E-state index in [1.54, 1.807) is 0 Å². The van der Waals surface area contributed by atoms with Crippen molar-refractivity contribution in [1.82, 2.24) is 16.0 Å². The molecule has 0 aromatic carbocycles. The van der Waals surface area contributed by atoms with Crippen LogP contribution in [0.1, 0.15) is 19.3 Å². The standard InChI is InChI=1S/C10H21N3O/c14-10(3-5-12-7-10)8-13-9-2-1-4-11-6-9/h9,11-14H,1-8H2. The van der Waals surface area contributed by atoms with Gasteiger partial charge >= 0.3 is 0 Å². The van der Waals surface area contributed by atoms with E-state index in [0.29, 0.717) is 6.04 Å². The normalized spacial score (nSPS) is 38.8. The molecule has 82 valence electrons. The molecule has 14 heavy (non-hydrogen) atoms. The lowest BCUT2D eigenvalue weighted by Gasteiger charge is -2.28. The molecule has 2 atom stereocenters. The van der Waals surface area contributed by atoms with Crippen molar-refractivity contribution in [3.63, 3.8) is 0 Å². The highest BCUT2D eigenvalue weighted by Gasteiger charge is 2.31. The topological polar surface area (TPSA) is 56.3 Å². The summed E-state index contributed by atoms with van der Waals surface area (Å²) in [6.45, 7) is 4.60. The van der Waals surface area contributed by atoms with Gasteiger partial charge in [0.05, 0.1) is 5.60 Å². The molecule has 0 aliphatic carbocycles. The van der Waals surface area contributed by atoms with Crippen molar-refractivity contribution in [1.29, 1.82) is 0 Å². The zero-order valence-corrected chi connectivity index (χ0v) is 8.68. The van der Waals surface area contributed by atoms with Crippen molar-refractivity contribution in [3.05, 3.63) is 0 Å². The number of β-amino-alcohol motifs (C(OH)–C–C–N with tert-alkyl or cyclic N) is 1. The number of nitrogens with one attached hydrogen (secondary N) is 3. The zero-order chi connectivity index (χ0) is 9.86. The number of hydrogen-bond acceptors (Lipinski definition) is 4. The van der Waals surface area contributed by atoms with Gasteiger partial charge in [0.15, 0.2) is 0 Å². The highest BCUT2D eigenvalue weighted by atomic mass is 16.3. The van der Waals surface area contributed by atoms with E-state index in [0.717, 1.165) is 39.1 Å². The van der Waals surface area contributed by atoms with Crippen LogP contribution in [0, 0.1) is 0 Å². The van der Waals surface area contributed by atoms with Crippen LogP contribution in [-0.4, -0.2) is 49.5 Å². The van der Waals surface area contributed by atoms with Gasteiger partial charge in [0, 0.05) is 25.7 Å². The first-order valence-corrected chi connectivity index (χ1v) is 5.66. The second-order valence-corrected chi connectivity index (χ2v) is 4.58. The molecule has 0 saturated carbocycles. The second-order valence-electron chi connectivity index (χ2n) is 4.58. The first-order chi connectivity index (χ1) is 6.79. The fraction of sp³-hybridized carbons (Fsp3) is 1.00. The quantitative estimate of drug-likeness (QED) is 0.473. The predicted molar refractivity (Wildman–Crippen MR) is 56.3 cm³/mol. The third-order valence-corrected chi connectivity index (χ3v) is 3.24. The Morgan fingerprint density at radius 2 is 2.29 bits per heavy atom. The number of aliphatic hydroxyl groups is 1. The molecule has 4 N–H and O–H groups in total. The van der Waals surface area contributed by atoms with Crippen LogP contribution in [0.15, 0.2) is 0 Å². The fourth-order valence-electron chi connectivity index (χ4n) is 2.24. The summed E-state index contributed by atoms with van der Waals surface area (Å²) in [4.78, 5) is 0. The molecule has 2 aliphatic rings. The van der Waals surface area contributed by atoms with Crippen LogP contribution in [0.2, 0.25) is 0 Å². The van der Waals surface area contributed by atoms with Gasteiger partial charge in [0.1, 0.15) is 0 Å². The molecular formula is C10H21N3O. The molecule has 2 aliphatic heterocycles. The minimum atomic E-state index is -0.503. The molecule has 4 heteroatoms. The Labute approximate surface area is 85.5 Å². The van der Waals surface area contributed by atoms with Crippen molar-refractivity contribution in [2.24, 2.45) is 0 Å². The minimum absolute atomic E-state index is 0.503. The van der Waals surface area contributed by atoms with E-state index in [2.05, 4.69) is 16.0 Å². The van der Waals surface area contributed by atoms with Crippen molar-refractivity contribution in [2.45, 2.75) is 30.9 Å². The largest absolute Gasteiger partial charge is 0.387 e. The van der Waals surface area contributed by atoms with Crippen LogP contribution in [0.25, 0.3) is 0 Å². The lowest BCUT2D eigenvalue weighted by Crippen LogP contribution is -2.50. The van der Waals surface area contributed by atoms with Gasteiger partial charge in [-0.3, -0.25) is 0 Å². The average molecular weight is 199 g/mol. The summed E-state index contributed by atoms with van der Waals surface area (Å²) in [5, 5.41) is 20.1. The van der Waals surface area contributed by atoms with Crippen LogP contribution in [0.5, 0.6) is 0 Å². The van der Waals surface area contributed by atoms with Crippen LogP contribution >= 0.6 is 0 Å². The van der Waals surface area contributed by atoms with Crippen molar-refractivity contribution in [3.8, 4) is 0 Å². The van der Waals surface area contributed by atoms with Crippen LogP contribution in [0.4, 0.5) is 0 Å². The van der Waals surface area contributed by atoms with E-state index >= 15 is 0 Å². The van der Waals surface area contributed by atoms with Crippen molar-refractivity contribution >= 4 is 0 Å². The third-order valence-electron chi connectivity index (χ3n) is 3.24. The smallest absolute Gasteiger partial charge is 0.0907 e. The average Bonchev–Trinajstić information content (AvgIpc) is 2.65. The second kappa shape index (κ2) is 4.57. The van der Waals surface area contributed by atoms with Gasteiger partial charge < -0.3 is 21.1 Å². The monoisotopic (exact) mass is 199 g/mol. The molecule has 2 heterocycles. The molecule has 2 fully saturated rings. The van der Waals surface area contributed by atoms with E-state index in [-0.39, 0.29) is 0 Å². The molecule has 2 unspecified atom stereocenters. The summed E-state index contributed by atoms with van der Waals surface area (Å²) in [5.41, 5.74) is -0.503. The Hall–Kier alpha value is -0.160. The molecule has 0 spiro atoms. The first-order valence-electron chi connectivity index (χ1n) is 5.66. The van der Waals surface area contributed by atoms with Gasteiger partial charge in [-0.25, -0.2) is 0 Å². The number of piperidine rings is 1. The Balaban J connectivity index is 1.70. The molecule has 0 bridgehead atoms. The Kier molecular flexibility index (Phi) is 3.38. The van der Waals surface area contributed by atoms with Crippen LogP contribution in [0.3, 0.4) is 0 Å². The molecular weight excluding hydrogens is 178 g/mol. The Bertz CT molecular complexity index is 174.